The van der Waals surface area contributed by atoms with E-state index in [1.54, 1.807) is 13.8 Å². The Kier molecular flexibility index (Phi) is 6.10. The summed E-state index contributed by atoms with van der Waals surface area (Å²) < 4.78 is 0. The normalized spacial score (nSPS) is 23.8. The molecule has 2 amide bonds. The molecule has 2 N–H and O–H groups in total. The summed E-state index contributed by atoms with van der Waals surface area (Å²) >= 11 is 0. The Morgan fingerprint density at radius 1 is 0.852 bits per heavy atom. The summed E-state index contributed by atoms with van der Waals surface area (Å²) in [6, 6.07) is 0. The molecule has 1 aliphatic carbocycles. The summed E-state index contributed by atoms with van der Waals surface area (Å²) in [5.74, 6) is 0.0667. The highest BCUT2D eigenvalue weighted by atomic mass is 16.4. The van der Waals surface area contributed by atoms with Crippen LogP contribution in [0.4, 0.5) is 4.79 Å². The van der Waals surface area contributed by atoms with Crippen LogP contribution in [0.25, 0.3) is 0 Å². The summed E-state index contributed by atoms with van der Waals surface area (Å²) in [5, 5.41) is 20.0. The van der Waals surface area contributed by atoms with E-state index in [1.807, 2.05) is 67.2 Å². The van der Waals surface area contributed by atoms with Crippen LogP contribution in [-0.2, 0) is 4.79 Å². The number of aliphatic hydroxyl groups excluding tert-OH is 1. The number of carbonyl (C=O) groups is 2. The molecule has 6 nitrogen and oxygen atoms in total. The summed E-state index contributed by atoms with van der Waals surface area (Å²) in [4.78, 5) is 28.6. The topological polar surface area (TPSA) is 81.1 Å². The van der Waals surface area contributed by atoms with Gasteiger partial charge in [0, 0.05) is 34.5 Å². The predicted molar refractivity (Wildman–Crippen MR) is 108 cm³/mol. The zero-order chi connectivity index (χ0) is 21.7. The summed E-state index contributed by atoms with van der Waals surface area (Å²) in [5.41, 5.74) is -2.47. The number of rotatable bonds is 5. The van der Waals surface area contributed by atoms with Crippen LogP contribution in [0.1, 0.15) is 82.6 Å². The van der Waals surface area contributed by atoms with Gasteiger partial charge in [0.25, 0.3) is 0 Å². The molecule has 1 fully saturated rings. The zero-order valence-electron chi connectivity index (χ0n) is 19.0. The van der Waals surface area contributed by atoms with Crippen LogP contribution in [0.5, 0.6) is 0 Å². The molecule has 0 saturated heterocycles. The van der Waals surface area contributed by atoms with Gasteiger partial charge in [-0.05, 0) is 75.2 Å². The van der Waals surface area contributed by atoms with Gasteiger partial charge in [0.1, 0.15) is 0 Å². The van der Waals surface area contributed by atoms with Crippen molar-refractivity contribution in [1.82, 2.24) is 9.80 Å². The van der Waals surface area contributed by atoms with Crippen molar-refractivity contribution in [2.24, 2.45) is 11.8 Å². The third-order valence-corrected chi connectivity index (χ3v) is 5.70. The van der Waals surface area contributed by atoms with Gasteiger partial charge in [0.15, 0.2) is 0 Å². The minimum absolute atomic E-state index is 0.0157. The molecule has 158 valence electrons. The molecule has 0 aromatic rings. The van der Waals surface area contributed by atoms with Crippen LogP contribution in [-0.4, -0.2) is 60.3 Å². The maximum absolute atomic E-state index is 13.5. The number of amides is 2. The van der Waals surface area contributed by atoms with Crippen LogP contribution in [0, 0.1) is 11.8 Å². The minimum Gasteiger partial charge on any atom is -0.465 e. The van der Waals surface area contributed by atoms with E-state index in [9.17, 15) is 19.8 Å². The van der Waals surface area contributed by atoms with E-state index >= 15 is 0 Å². The molecule has 6 heteroatoms. The Morgan fingerprint density at radius 3 is 1.48 bits per heavy atom. The number of carbonyl (C=O) groups excluding carboxylic acids is 1. The zero-order valence-corrected chi connectivity index (χ0v) is 19.0. The number of carboxylic acid groups (broad SMARTS) is 1. The first-order valence-corrected chi connectivity index (χ1v) is 9.80. The maximum atomic E-state index is 13.5. The average molecular weight is 385 g/mol. The fourth-order valence-electron chi connectivity index (χ4n) is 5.19. The molecule has 0 aromatic carbocycles. The fraction of sp³-hybridized carbons (Fsp3) is 0.905. The molecule has 0 radical (unpaired) electrons. The standard InChI is InChI=1S/C21H40N2O4/c1-13-15(16(13)25)21(10,11)22(18(2,3)4)14(24)12-20(8,9)23(17(26)27)19(5,6)7/h13,15-16,25H,12H2,1-11H3,(H,26,27)/t13-,15+,16-/m0/s1. The molecule has 0 heterocycles. The maximum Gasteiger partial charge on any atom is 0.408 e. The molecule has 0 unspecified atom stereocenters. The van der Waals surface area contributed by atoms with Crippen LogP contribution >= 0.6 is 0 Å². The minimum atomic E-state index is -1.03. The van der Waals surface area contributed by atoms with Gasteiger partial charge in [0.05, 0.1) is 6.10 Å². The molecule has 0 aliphatic heterocycles. The third kappa shape index (κ3) is 4.76. The van der Waals surface area contributed by atoms with Gasteiger partial charge in [-0.1, -0.05) is 6.92 Å². The number of aliphatic hydroxyl groups is 1. The van der Waals surface area contributed by atoms with Crippen molar-refractivity contribution in [3.63, 3.8) is 0 Å². The third-order valence-electron chi connectivity index (χ3n) is 5.70. The van der Waals surface area contributed by atoms with E-state index in [2.05, 4.69) is 0 Å². The van der Waals surface area contributed by atoms with E-state index in [-0.39, 0.29) is 24.2 Å². The first kappa shape index (κ1) is 23.7. The number of hydrogen-bond donors (Lipinski definition) is 2. The highest BCUT2D eigenvalue weighted by Gasteiger charge is 2.59. The molecule has 0 bridgehead atoms. The molecule has 27 heavy (non-hydrogen) atoms. The highest BCUT2D eigenvalue weighted by molar-refractivity contribution is 5.80. The second-order valence-electron chi connectivity index (χ2n) is 11.2. The monoisotopic (exact) mass is 384 g/mol. The summed E-state index contributed by atoms with van der Waals surface area (Å²) in [6.45, 7) is 21.0. The lowest BCUT2D eigenvalue weighted by molar-refractivity contribution is -0.148. The van der Waals surface area contributed by atoms with Crippen molar-refractivity contribution < 1.29 is 19.8 Å². The Hall–Kier alpha value is -1.30. The molecule has 3 atom stereocenters. The molecule has 0 spiro atoms. The predicted octanol–water partition coefficient (Wildman–Crippen LogP) is 3.97. The van der Waals surface area contributed by atoms with Crippen molar-refractivity contribution in [2.75, 3.05) is 0 Å². The number of hydrogen-bond acceptors (Lipinski definition) is 3. The Balaban J connectivity index is 3.23. The smallest absolute Gasteiger partial charge is 0.408 e. The second kappa shape index (κ2) is 6.94. The van der Waals surface area contributed by atoms with E-state index in [0.717, 1.165) is 0 Å². The summed E-state index contributed by atoms with van der Waals surface area (Å²) in [6.07, 6.45) is -1.36. The van der Waals surface area contributed by atoms with Crippen LogP contribution < -0.4 is 0 Å². The summed E-state index contributed by atoms with van der Waals surface area (Å²) in [7, 11) is 0. The van der Waals surface area contributed by atoms with E-state index in [0.29, 0.717) is 0 Å². The lowest BCUT2D eigenvalue weighted by Crippen LogP contribution is -2.62. The van der Waals surface area contributed by atoms with E-state index < -0.39 is 34.4 Å². The van der Waals surface area contributed by atoms with Gasteiger partial charge in [0.2, 0.25) is 5.91 Å². The van der Waals surface area contributed by atoms with E-state index in [4.69, 9.17) is 0 Å². The SMILES string of the molecule is C[C@@H]1[C@H](O)[C@@H]1C(C)(C)N(C(=O)CC(C)(C)N(C(=O)O)C(C)(C)C)C(C)(C)C. The largest absolute Gasteiger partial charge is 0.465 e. The lowest BCUT2D eigenvalue weighted by atomic mass is 9.85. The molecular formula is C21H40N2O4. The molecule has 1 saturated carbocycles. The van der Waals surface area contributed by atoms with Crippen LogP contribution in [0.3, 0.4) is 0 Å². The quantitative estimate of drug-likeness (QED) is 0.751. The Bertz CT molecular complexity index is 576. The van der Waals surface area contributed by atoms with Crippen molar-refractivity contribution in [3.05, 3.63) is 0 Å². The van der Waals surface area contributed by atoms with Gasteiger partial charge in [-0.15, -0.1) is 0 Å². The Morgan fingerprint density at radius 2 is 1.22 bits per heavy atom. The van der Waals surface area contributed by atoms with Crippen molar-refractivity contribution in [1.29, 1.82) is 0 Å². The second-order valence-corrected chi connectivity index (χ2v) is 11.2. The molecule has 0 aromatic heterocycles. The van der Waals surface area contributed by atoms with Gasteiger partial charge >= 0.3 is 6.09 Å². The van der Waals surface area contributed by atoms with Gasteiger partial charge in [-0.3, -0.25) is 9.69 Å². The molecule has 1 rings (SSSR count). The van der Waals surface area contributed by atoms with Crippen molar-refractivity contribution >= 4 is 12.0 Å². The highest BCUT2D eigenvalue weighted by Crippen LogP contribution is 2.50. The first-order valence-electron chi connectivity index (χ1n) is 9.80. The lowest BCUT2D eigenvalue weighted by Gasteiger charge is -2.51. The van der Waals surface area contributed by atoms with Crippen LogP contribution in [0.2, 0.25) is 0 Å². The molecule has 1 aliphatic rings. The van der Waals surface area contributed by atoms with Crippen molar-refractivity contribution in [3.8, 4) is 0 Å². The number of nitrogens with zero attached hydrogens (tertiary/aromatic N) is 2. The van der Waals surface area contributed by atoms with Crippen molar-refractivity contribution in [2.45, 2.75) is 111 Å². The van der Waals surface area contributed by atoms with Gasteiger partial charge in [-0.2, -0.15) is 0 Å². The van der Waals surface area contributed by atoms with Gasteiger partial charge < -0.3 is 15.1 Å². The van der Waals surface area contributed by atoms with Crippen LogP contribution in [0.15, 0.2) is 0 Å². The molecular weight excluding hydrogens is 344 g/mol. The fourth-order valence-corrected chi connectivity index (χ4v) is 5.19. The average Bonchev–Trinajstić information content (AvgIpc) is 2.90. The van der Waals surface area contributed by atoms with Gasteiger partial charge in [-0.25, -0.2) is 4.79 Å². The van der Waals surface area contributed by atoms with E-state index in [1.165, 1.54) is 4.90 Å². The first-order chi connectivity index (χ1) is 11.8. The Labute approximate surface area is 164 Å².